The van der Waals surface area contributed by atoms with Gasteiger partial charge in [0.15, 0.2) is 0 Å². The predicted molar refractivity (Wildman–Crippen MR) is 74.4 cm³/mol. The maximum Gasteiger partial charge on any atom is 0.122 e. The lowest BCUT2D eigenvalue weighted by Gasteiger charge is -2.39. The molecule has 2 heterocycles. The summed E-state index contributed by atoms with van der Waals surface area (Å²) in [6, 6.07) is 4.55. The van der Waals surface area contributed by atoms with Crippen LogP contribution in [-0.4, -0.2) is 47.6 Å². The van der Waals surface area contributed by atoms with E-state index in [9.17, 15) is 0 Å². The molecule has 1 unspecified atom stereocenters. The number of likely N-dealkylation sites (N-methyl/N-ethyl adjacent to an activating group) is 1. The van der Waals surface area contributed by atoms with E-state index in [2.05, 4.69) is 28.8 Å². The Kier molecular flexibility index (Phi) is 3.59. The molecule has 0 spiro atoms. The van der Waals surface area contributed by atoms with E-state index < -0.39 is 0 Å². The first-order valence-corrected chi connectivity index (χ1v) is 6.20. The number of rotatable bonds is 2. The molecule has 1 aliphatic rings. The summed E-state index contributed by atoms with van der Waals surface area (Å²) < 4.78 is 0. The van der Waals surface area contributed by atoms with Gasteiger partial charge in [0.1, 0.15) is 4.99 Å². The van der Waals surface area contributed by atoms with Crippen LogP contribution < -0.4 is 10.6 Å². The Labute approximate surface area is 107 Å². The maximum atomic E-state index is 5.60. The van der Waals surface area contributed by atoms with Crippen molar-refractivity contribution >= 4 is 22.9 Å². The van der Waals surface area contributed by atoms with Crippen molar-refractivity contribution in [1.29, 1.82) is 0 Å². The molecule has 1 aromatic heterocycles. The number of hydrogen-bond donors (Lipinski definition) is 1. The molecule has 92 valence electrons. The number of piperazine rings is 1. The van der Waals surface area contributed by atoms with Gasteiger partial charge in [0.25, 0.3) is 0 Å². The second-order valence-corrected chi connectivity index (χ2v) is 4.98. The second-order valence-electron chi connectivity index (χ2n) is 4.54. The van der Waals surface area contributed by atoms with Gasteiger partial charge in [-0.25, -0.2) is 0 Å². The van der Waals surface area contributed by atoms with Gasteiger partial charge in [0.2, 0.25) is 0 Å². The fourth-order valence-corrected chi connectivity index (χ4v) is 2.15. The number of thiocarbonyl (C=S) groups is 1. The normalized spacial score (nSPS) is 21.5. The Morgan fingerprint density at radius 3 is 2.94 bits per heavy atom. The third kappa shape index (κ3) is 2.73. The van der Waals surface area contributed by atoms with E-state index in [1.807, 2.05) is 12.1 Å². The first-order valence-electron chi connectivity index (χ1n) is 5.79. The average molecular weight is 250 g/mol. The summed E-state index contributed by atoms with van der Waals surface area (Å²) in [4.78, 5) is 9.24. The van der Waals surface area contributed by atoms with Crippen molar-refractivity contribution in [2.75, 3.05) is 31.6 Å². The fraction of sp³-hybridized carbons (Fsp3) is 0.500. The van der Waals surface area contributed by atoms with Crippen molar-refractivity contribution < 1.29 is 0 Å². The molecule has 1 aliphatic heterocycles. The van der Waals surface area contributed by atoms with Gasteiger partial charge in [0.05, 0.1) is 5.69 Å². The molecule has 5 heteroatoms. The van der Waals surface area contributed by atoms with Gasteiger partial charge in [-0.1, -0.05) is 12.2 Å². The zero-order chi connectivity index (χ0) is 12.4. The molecule has 0 aromatic carbocycles. The lowest BCUT2D eigenvalue weighted by Crippen LogP contribution is -2.50. The lowest BCUT2D eigenvalue weighted by molar-refractivity contribution is 0.234. The van der Waals surface area contributed by atoms with Crippen LogP contribution in [0.1, 0.15) is 12.6 Å². The standard InChI is InChI=1S/C12H18N4S/c1-9-8-16(6-5-15(9)2)10-3-4-14-11(7-10)12(13)17/h3-4,7,9H,5-6,8H2,1-2H3,(H2,13,17). The minimum absolute atomic E-state index is 0.356. The Bertz CT molecular complexity index is 421. The van der Waals surface area contributed by atoms with Crippen LogP contribution in [0.25, 0.3) is 0 Å². The molecule has 0 saturated carbocycles. The zero-order valence-corrected chi connectivity index (χ0v) is 11.1. The van der Waals surface area contributed by atoms with Gasteiger partial charge in [-0.2, -0.15) is 0 Å². The molecule has 1 aromatic rings. The SMILES string of the molecule is CC1CN(c2ccnc(C(N)=S)c2)CCN1C. The molecule has 0 amide bonds. The summed E-state index contributed by atoms with van der Waals surface area (Å²) in [7, 11) is 2.16. The van der Waals surface area contributed by atoms with Crippen molar-refractivity contribution in [3.8, 4) is 0 Å². The van der Waals surface area contributed by atoms with Gasteiger partial charge in [-0.05, 0) is 26.1 Å². The van der Waals surface area contributed by atoms with Crippen LogP contribution >= 0.6 is 12.2 Å². The maximum absolute atomic E-state index is 5.60. The minimum Gasteiger partial charge on any atom is -0.388 e. The molecule has 1 atom stereocenters. The van der Waals surface area contributed by atoms with E-state index in [-0.39, 0.29) is 0 Å². The van der Waals surface area contributed by atoms with E-state index in [4.69, 9.17) is 18.0 Å². The van der Waals surface area contributed by atoms with Crippen LogP contribution in [0.3, 0.4) is 0 Å². The zero-order valence-electron chi connectivity index (χ0n) is 10.3. The van der Waals surface area contributed by atoms with Crippen molar-refractivity contribution in [2.45, 2.75) is 13.0 Å². The van der Waals surface area contributed by atoms with Crippen LogP contribution in [0.4, 0.5) is 5.69 Å². The Hall–Kier alpha value is -1.20. The van der Waals surface area contributed by atoms with E-state index in [1.165, 1.54) is 0 Å². The number of aromatic nitrogens is 1. The summed E-state index contributed by atoms with van der Waals surface area (Å²) in [5.41, 5.74) is 7.46. The molecule has 0 bridgehead atoms. The van der Waals surface area contributed by atoms with Gasteiger partial charge >= 0.3 is 0 Å². The number of pyridine rings is 1. The Balaban J connectivity index is 2.17. The largest absolute Gasteiger partial charge is 0.388 e. The molecule has 0 radical (unpaired) electrons. The number of hydrogen-bond acceptors (Lipinski definition) is 4. The van der Waals surface area contributed by atoms with Crippen LogP contribution in [0.15, 0.2) is 18.3 Å². The summed E-state index contributed by atoms with van der Waals surface area (Å²) in [5.74, 6) is 0. The summed E-state index contributed by atoms with van der Waals surface area (Å²) >= 11 is 4.95. The average Bonchev–Trinajstić information content (AvgIpc) is 2.33. The smallest absolute Gasteiger partial charge is 0.122 e. The molecule has 1 saturated heterocycles. The van der Waals surface area contributed by atoms with E-state index >= 15 is 0 Å². The number of anilines is 1. The van der Waals surface area contributed by atoms with Crippen LogP contribution in [0.2, 0.25) is 0 Å². The fourth-order valence-electron chi connectivity index (χ4n) is 2.03. The summed E-state index contributed by atoms with van der Waals surface area (Å²) in [6.45, 7) is 5.37. The second kappa shape index (κ2) is 4.98. The third-order valence-corrected chi connectivity index (χ3v) is 3.53. The van der Waals surface area contributed by atoms with Crippen molar-refractivity contribution in [2.24, 2.45) is 5.73 Å². The first-order chi connectivity index (χ1) is 8.08. The molecular formula is C12H18N4S. The Morgan fingerprint density at radius 2 is 2.29 bits per heavy atom. The lowest BCUT2D eigenvalue weighted by atomic mass is 10.2. The summed E-state index contributed by atoms with van der Waals surface area (Å²) in [5, 5.41) is 0. The topological polar surface area (TPSA) is 45.4 Å². The Morgan fingerprint density at radius 1 is 1.53 bits per heavy atom. The highest BCUT2D eigenvalue weighted by atomic mass is 32.1. The van der Waals surface area contributed by atoms with Crippen LogP contribution in [0, 0.1) is 0 Å². The van der Waals surface area contributed by atoms with E-state index in [0.29, 0.717) is 16.7 Å². The molecule has 2 rings (SSSR count). The van der Waals surface area contributed by atoms with Gasteiger partial charge in [-0.3, -0.25) is 4.98 Å². The monoisotopic (exact) mass is 250 g/mol. The molecule has 17 heavy (non-hydrogen) atoms. The van der Waals surface area contributed by atoms with E-state index in [1.54, 1.807) is 6.20 Å². The van der Waals surface area contributed by atoms with Crippen LogP contribution in [0.5, 0.6) is 0 Å². The van der Waals surface area contributed by atoms with Gasteiger partial charge in [0, 0.05) is 37.6 Å². The molecule has 1 fully saturated rings. The highest BCUT2D eigenvalue weighted by Crippen LogP contribution is 2.18. The van der Waals surface area contributed by atoms with Gasteiger partial charge in [-0.15, -0.1) is 0 Å². The molecular weight excluding hydrogens is 232 g/mol. The van der Waals surface area contributed by atoms with Crippen LogP contribution in [-0.2, 0) is 0 Å². The highest BCUT2D eigenvalue weighted by Gasteiger charge is 2.21. The van der Waals surface area contributed by atoms with Crippen molar-refractivity contribution in [3.05, 3.63) is 24.0 Å². The predicted octanol–water partition coefficient (Wildman–Crippen LogP) is 0.856. The quantitative estimate of drug-likeness (QED) is 0.789. The van der Waals surface area contributed by atoms with Gasteiger partial charge < -0.3 is 15.5 Å². The number of nitrogens with two attached hydrogens (primary N) is 1. The minimum atomic E-state index is 0.356. The third-order valence-electron chi connectivity index (χ3n) is 3.32. The molecule has 0 aliphatic carbocycles. The first kappa shape index (κ1) is 12.3. The number of nitrogens with zero attached hydrogens (tertiary/aromatic N) is 3. The van der Waals surface area contributed by atoms with E-state index in [0.717, 1.165) is 25.3 Å². The van der Waals surface area contributed by atoms with Crippen molar-refractivity contribution in [3.63, 3.8) is 0 Å². The van der Waals surface area contributed by atoms with Crippen molar-refractivity contribution in [1.82, 2.24) is 9.88 Å². The molecule has 4 nitrogen and oxygen atoms in total. The summed E-state index contributed by atoms with van der Waals surface area (Å²) in [6.07, 6.45) is 1.77. The highest BCUT2D eigenvalue weighted by molar-refractivity contribution is 7.80. The molecule has 2 N–H and O–H groups in total.